The lowest BCUT2D eigenvalue weighted by Crippen LogP contribution is -2.05. The van der Waals surface area contributed by atoms with Gasteiger partial charge in [-0.1, -0.05) is 23.5 Å². The Morgan fingerprint density at radius 3 is 2.68 bits per heavy atom. The van der Waals surface area contributed by atoms with Crippen LogP contribution in [0.3, 0.4) is 0 Å². The molecule has 0 spiro atoms. The molecule has 172 valence electrons. The van der Waals surface area contributed by atoms with E-state index in [1.54, 1.807) is 37.3 Å². The van der Waals surface area contributed by atoms with Crippen LogP contribution >= 0.6 is 11.3 Å². The van der Waals surface area contributed by atoms with Gasteiger partial charge in [0, 0.05) is 5.56 Å². The Hall–Kier alpha value is -4.11. The van der Waals surface area contributed by atoms with Crippen molar-refractivity contribution in [3.63, 3.8) is 0 Å². The summed E-state index contributed by atoms with van der Waals surface area (Å²) in [6.07, 6.45) is 0. The molecule has 0 saturated carbocycles. The average Bonchev–Trinajstić information content (AvgIpc) is 3.50. The molecule has 0 aliphatic rings. The molecule has 34 heavy (non-hydrogen) atoms. The second-order valence-electron chi connectivity index (χ2n) is 7.51. The molecule has 9 heteroatoms. The van der Waals surface area contributed by atoms with E-state index in [4.69, 9.17) is 9.15 Å². The van der Waals surface area contributed by atoms with Gasteiger partial charge in [0.1, 0.15) is 17.3 Å². The van der Waals surface area contributed by atoms with E-state index in [-0.39, 0.29) is 27.7 Å². The third-order valence-corrected chi connectivity index (χ3v) is 6.30. The zero-order valence-electron chi connectivity index (χ0n) is 18.2. The number of hydrogen-bond acceptors (Lipinski definition) is 7. The first-order valence-electron chi connectivity index (χ1n) is 10.5. The van der Waals surface area contributed by atoms with Crippen molar-refractivity contribution in [2.24, 2.45) is 0 Å². The molecule has 5 aromatic rings. The van der Waals surface area contributed by atoms with Gasteiger partial charge < -0.3 is 19.4 Å². The van der Waals surface area contributed by atoms with Gasteiger partial charge in [0.2, 0.25) is 11.7 Å². The molecule has 7 nitrogen and oxygen atoms in total. The molecule has 0 aliphatic carbocycles. The number of furan rings is 1. The smallest absolute Gasteiger partial charge is 0.242 e. The zero-order valence-corrected chi connectivity index (χ0v) is 19.0. The minimum absolute atomic E-state index is 0.0130. The van der Waals surface area contributed by atoms with Gasteiger partial charge in [-0.05, 0) is 56.3 Å². The summed E-state index contributed by atoms with van der Waals surface area (Å²) in [5.74, 6) is -1.55. The SMILES string of the molecule is CCOc1ccc2nc(-n3c(O)c(O)c(C(=O)c4ccc(C)o4)c3-c3ccccc3F)sc2c1. The third kappa shape index (κ3) is 3.50. The van der Waals surface area contributed by atoms with E-state index in [0.29, 0.717) is 23.6 Å². The van der Waals surface area contributed by atoms with Gasteiger partial charge >= 0.3 is 0 Å². The van der Waals surface area contributed by atoms with Crippen LogP contribution in [0.2, 0.25) is 0 Å². The van der Waals surface area contributed by atoms with Gasteiger partial charge in [0.15, 0.2) is 16.6 Å². The summed E-state index contributed by atoms with van der Waals surface area (Å²) in [4.78, 5) is 17.9. The predicted molar refractivity (Wildman–Crippen MR) is 126 cm³/mol. The number of carbonyl (C=O) groups is 1. The lowest BCUT2D eigenvalue weighted by atomic mass is 10.0. The van der Waals surface area contributed by atoms with Crippen LogP contribution < -0.4 is 4.74 Å². The number of halogens is 1. The molecule has 0 radical (unpaired) electrons. The van der Waals surface area contributed by atoms with Crippen molar-refractivity contribution in [2.45, 2.75) is 13.8 Å². The Labute approximate surface area is 197 Å². The van der Waals surface area contributed by atoms with Crippen LogP contribution in [0.25, 0.3) is 26.6 Å². The summed E-state index contributed by atoms with van der Waals surface area (Å²) >= 11 is 1.20. The van der Waals surface area contributed by atoms with Crippen LogP contribution in [-0.2, 0) is 0 Å². The molecule has 0 aliphatic heterocycles. The number of rotatable bonds is 6. The highest BCUT2D eigenvalue weighted by atomic mass is 32.1. The number of thiazole rings is 1. The number of ether oxygens (including phenoxy) is 1. The molecule has 2 N–H and O–H groups in total. The molecule has 3 heterocycles. The highest BCUT2D eigenvalue weighted by Gasteiger charge is 2.33. The number of aromatic nitrogens is 2. The number of aromatic hydroxyl groups is 2. The molecule has 0 fully saturated rings. The molecule has 0 atom stereocenters. The van der Waals surface area contributed by atoms with Gasteiger partial charge in [0.05, 0.1) is 28.1 Å². The summed E-state index contributed by atoms with van der Waals surface area (Å²) < 4.78 is 27.9. The number of fused-ring (bicyclic) bond motifs is 1. The van der Waals surface area contributed by atoms with Gasteiger partial charge in [-0.3, -0.25) is 9.36 Å². The Kier molecular flexibility index (Phi) is 5.33. The number of carbonyl (C=O) groups excluding carboxylic acids is 1. The second kappa shape index (κ2) is 8.35. The van der Waals surface area contributed by atoms with Gasteiger partial charge in [-0.25, -0.2) is 9.37 Å². The molecule has 0 unspecified atom stereocenters. The first kappa shape index (κ1) is 21.7. The first-order valence-corrected chi connectivity index (χ1v) is 11.3. The van der Waals surface area contributed by atoms with E-state index < -0.39 is 23.2 Å². The van der Waals surface area contributed by atoms with Crippen molar-refractivity contribution in [1.82, 2.24) is 9.55 Å². The summed E-state index contributed by atoms with van der Waals surface area (Å²) in [6.45, 7) is 4.05. The maximum absolute atomic E-state index is 15.0. The van der Waals surface area contributed by atoms with Gasteiger partial charge in [-0.15, -0.1) is 0 Å². The number of hydrogen-bond donors (Lipinski definition) is 2. The number of nitrogens with zero attached hydrogens (tertiary/aromatic N) is 2. The quantitative estimate of drug-likeness (QED) is 0.298. The molecule has 3 aromatic heterocycles. The maximum atomic E-state index is 15.0. The Morgan fingerprint density at radius 1 is 1.18 bits per heavy atom. The van der Waals surface area contributed by atoms with Crippen LogP contribution in [0, 0.1) is 12.7 Å². The summed E-state index contributed by atoms with van der Waals surface area (Å²) in [6, 6.07) is 14.2. The van der Waals surface area contributed by atoms with E-state index in [9.17, 15) is 19.4 Å². The lowest BCUT2D eigenvalue weighted by molar-refractivity contribution is 0.101. The highest BCUT2D eigenvalue weighted by Crippen LogP contribution is 2.46. The molecular formula is C25H19FN2O5S. The summed E-state index contributed by atoms with van der Waals surface area (Å²) in [5.41, 5.74) is 0.312. The summed E-state index contributed by atoms with van der Waals surface area (Å²) in [5, 5.41) is 22.0. The Bertz CT molecular complexity index is 1550. The average molecular weight is 479 g/mol. The number of benzene rings is 2. The Balaban J connectivity index is 1.79. The molecule has 2 aromatic carbocycles. The van der Waals surface area contributed by atoms with E-state index in [1.165, 1.54) is 40.2 Å². The van der Waals surface area contributed by atoms with E-state index >= 15 is 0 Å². The Morgan fingerprint density at radius 2 is 1.97 bits per heavy atom. The second-order valence-corrected chi connectivity index (χ2v) is 8.52. The summed E-state index contributed by atoms with van der Waals surface area (Å²) in [7, 11) is 0. The van der Waals surface area contributed by atoms with E-state index in [1.807, 2.05) is 6.92 Å². The van der Waals surface area contributed by atoms with Crippen LogP contribution in [0.5, 0.6) is 17.4 Å². The van der Waals surface area contributed by atoms with Crippen molar-refractivity contribution in [3.8, 4) is 33.8 Å². The number of ketones is 1. The third-order valence-electron chi connectivity index (χ3n) is 5.29. The van der Waals surface area contributed by atoms with Crippen LogP contribution in [0.1, 0.15) is 28.8 Å². The molecule has 0 saturated heterocycles. The molecule has 0 amide bonds. The fraction of sp³-hybridized carbons (Fsp3) is 0.120. The monoisotopic (exact) mass is 478 g/mol. The standard InChI is InChI=1S/C25H19FN2O5S/c1-3-32-14-9-10-17-19(12-14)34-25(27-17)28-21(15-6-4-5-7-16(15)26)20(23(30)24(28)31)22(29)18-11-8-13(2)33-18/h4-12,30-31H,3H2,1-2H3. The minimum atomic E-state index is -0.697. The molecule has 0 bridgehead atoms. The number of aryl methyl sites for hydroxylation is 1. The van der Waals surface area contributed by atoms with Crippen molar-refractivity contribution in [3.05, 3.63) is 77.5 Å². The van der Waals surface area contributed by atoms with Crippen molar-refractivity contribution >= 4 is 27.3 Å². The van der Waals surface area contributed by atoms with E-state index in [0.717, 1.165) is 4.70 Å². The maximum Gasteiger partial charge on any atom is 0.242 e. The predicted octanol–water partition coefficient (Wildman–Crippen LogP) is 5.84. The largest absolute Gasteiger partial charge is 0.503 e. The fourth-order valence-electron chi connectivity index (χ4n) is 3.78. The van der Waals surface area contributed by atoms with Crippen LogP contribution in [-0.4, -0.2) is 32.2 Å². The van der Waals surface area contributed by atoms with Crippen molar-refractivity contribution in [1.29, 1.82) is 0 Å². The van der Waals surface area contributed by atoms with Crippen molar-refractivity contribution < 1.29 is 28.6 Å². The highest BCUT2D eigenvalue weighted by molar-refractivity contribution is 7.20. The topological polar surface area (TPSA) is 97.7 Å². The minimum Gasteiger partial charge on any atom is -0.503 e. The van der Waals surface area contributed by atoms with Crippen molar-refractivity contribution in [2.75, 3.05) is 6.61 Å². The van der Waals surface area contributed by atoms with Crippen LogP contribution in [0.15, 0.2) is 59.0 Å². The fourth-order valence-corrected chi connectivity index (χ4v) is 4.78. The lowest BCUT2D eigenvalue weighted by Gasteiger charge is -2.09. The molecular weight excluding hydrogens is 459 g/mol. The molecule has 5 rings (SSSR count). The van der Waals surface area contributed by atoms with Crippen LogP contribution in [0.4, 0.5) is 4.39 Å². The zero-order chi connectivity index (χ0) is 24.0. The normalized spacial score (nSPS) is 11.3. The van der Waals surface area contributed by atoms with E-state index in [2.05, 4.69) is 4.98 Å². The van der Waals surface area contributed by atoms with Gasteiger partial charge in [0.25, 0.3) is 0 Å². The first-order chi connectivity index (χ1) is 16.4. The van der Waals surface area contributed by atoms with Gasteiger partial charge in [-0.2, -0.15) is 0 Å².